The summed E-state index contributed by atoms with van der Waals surface area (Å²) in [7, 11) is 0. The van der Waals surface area contributed by atoms with E-state index >= 15 is 0 Å². The largest absolute Gasteiger partial charge is 0.477 e. The number of amides is 1. The minimum Gasteiger partial charge on any atom is -0.477 e. The lowest BCUT2D eigenvalue weighted by molar-refractivity contribution is -0.134. The maximum absolute atomic E-state index is 12.4. The monoisotopic (exact) mass is 280 g/mol. The fourth-order valence-corrected chi connectivity index (χ4v) is 2.12. The Morgan fingerprint density at radius 1 is 1.40 bits per heavy atom. The van der Waals surface area contributed by atoms with Gasteiger partial charge < -0.3 is 14.6 Å². The van der Waals surface area contributed by atoms with E-state index in [1.807, 2.05) is 11.8 Å². The second-order valence-electron chi connectivity index (χ2n) is 5.02. The quantitative estimate of drug-likeness (QED) is 0.796. The molecule has 0 aliphatic carbocycles. The summed E-state index contributed by atoms with van der Waals surface area (Å²) in [6, 6.07) is 3.34. The molecule has 5 nitrogen and oxygen atoms in total. The van der Waals surface area contributed by atoms with Crippen molar-refractivity contribution in [3.8, 4) is 0 Å². The molecule has 1 heterocycles. The predicted octanol–water partition coefficient (Wildman–Crippen LogP) is 2.61. The summed E-state index contributed by atoms with van der Waals surface area (Å²) in [6.45, 7) is 6.99. The number of hydrogen-bond donors (Lipinski definition) is 1. The van der Waals surface area contributed by atoms with Crippen molar-refractivity contribution in [1.29, 1.82) is 0 Å². The maximum Gasteiger partial charge on any atom is 0.352 e. The highest BCUT2D eigenvalue weighted by molar-refractivity contribution is 5.87. The van der Waals surface area contributed by atoms with Crippen LogP contribution in [0.5, 0.6) is 0 Å². The summed E-state index contributed by atoms with van der Waals surface area (Å²) in [5.74, 6) is -1.03. The summed E-state index contributed by atoms with van der Waals surface area (Å²) in [5, 5.41) is 9.06. The van der Waals surface area contributed by atoms with Crippen LogP contribution in [0.3, 0.4) is 0 Å². The lowest BCUT2D eigenvalue weighted by Crippen LogP contribution is -2.41. The molecule has 0 spiro atoms. The summed E-state index contributed by atoms with van der Waals surface area (Å²) >= 11 is 0. The average Bonchev–Trinajstić information content (AvgIpc) is 2.87. The van der Waals surface area contributed by atoms with E-state index in [9.17, 15) is 9.59 Å². The van der Waals surface area contributed by atoms with E-state index < -0.39 is 5.97 Å². The van der Waals surface area contributed by atoms with Crippen LogP contribution in [0.25, 0.3) is 0 Å². The Morgan fingerprint density at radius 2 is 2.10 bits per heavy atom. The van der Waals surface area contributed by atoms with Gasteiger partial charge in [0.15, 0.2) is 0 Å². The molecule has 20 heavy (non-hydrogen) atoms. The van der Waals surface area contributed by atoms with Gasteiger partial charge in [-0.15, -0.1) is 0 Å². The molecule has 1 aromatic heterocycles. The molecule has 5 heteroatoms. The molecule has 0 bridgehead atoms. The Bertz CT molecular complexity index is 454. The van der Waals surface area contributed by atoms with Crippen LogP contribution in [0, 0.1) is 0 Å². The molecule has 0 aromatic carbocycles. The predicted molar refractivity (Wildman–Crippen MR) is 77.8 cm³/mol. The van der Waals surface area contributed by atoms with E-state index in [4.69, 9.17) is 5.11 Å². The van der Waals surface area contributed by atoms with Crippen LogP contribution < -0.4 is 0 Å². The van der Waals surface area contributed by atoms with E-state index in [1.165, 1.54) is 10.6 Å². The van der Waals surface area contributed by atoms with Crippen LogP contribution in [-0.4, -0.2) is 39.0 Å². The van der Waals surface area contributed by atoms with Gasteiger partial charge in [-0.25, -0.2) is 4.79 Å². The van der Waals surface area contributed by atoms with Crippen molar-refractivity contribution in [2.75, 3.05) is 6.54 Å². The highest BCUT2D eigenvalue weighted by atomic mass is 16.4. The van der Waals surface area contributed by atoms with Crippen LogP contribution in [0.1, 0.15) is 50.5 Å². The lowest BCUT2D eigenvalue weighted by Gasteiger charge is -2.29. The first-order chi connectivity index (χ1) is 9.51. The standard InChI is InChI=1S/C15H24N2O3/c1-4-6-10-17(12(3)5-2)14(18)11-16-9-7-8-13(16)15(19)20/h7-9,12H,4-6,10-11H2,1-3H3,(H,19,20). The molecule has 0 aliphatic heterocycles. The summed E-state index contributed by atoms with van der Waals surface area (Å²) < 4.78 is 1.49. The van der Waals surface area contributed by atoms with Gasteiger partial charge in [0.1, 0.15) is 12.2 Å². The van der Waals surface area contributed by atoms with Gasteiger partial charge in [0.05, 0.1) is 0 Å². The minimum atomic E-state index is -1.01. The maximum atomic E-state index is 12.4. The first-order valence-corrected chi connectivity index (χ1v) is 7.19. The molecule has 112 valence electrons. The molecule has 1 unspecified atom stereocenters. The van der Waals surface area contributed by atoms with Gasteiger partial charge in [0, 0.05) is 18.8 Å². The minimum absolute atomic E-state index is 0.0218. The van der Waals surface area contributed by atoms with Crippen LogP contribution in [-0.2, 0) is 11.3 Å². The van der Waals surface area contributed by atoms with Crippen LogP contribution in [0.4, 0.5) is 0 Å². The van der Waals surface area contributed by atoms with E-state index in [1.54, 1.807) is 12.3 Å². The Labute approximate surface area is 120 Å². The lowest BCUT2D eigenvalue weighted by atomic mass is 10.2. The molecular formula is C15H24N2O3. The third-order valence-corrected chi connectivity index (χ3v) is 3.55. The molecule has 0 radical (unpaired) electrons. The Hall–Kier alpha value is -1.78. The Morgan fingerprint density at radius 3 is 2.65 bits per heavy atom. The number of unbranched alkanes of at least 4 members (excludes halogenated alkanes) is 1. The van der Waals surface area contributed by atoms with Crippen molar-refractivity contribution in [3.05, 3.63) is 24.0 Å². The molecule has 0 saturated carbocycles. The van der Waals surface area contributed by atoms with Gasteiger partial charge in [-0.05, 0) is 31.9 Å². The molecule has 1 rings (SSSR count). The van der Waals surface area contributed by atoms with Crippen LogP contribution >= 0.6 is 0 Å². The summed E-state index contributed by atoms with van der Waals surface area (Å²) in [4.78, 5) is 25.3. The average molecular weight is 280 g/mol. The number of carboxylic acid groups (broad SMARTS) is 1. The number of aromatic carboxylic acids is 1. The highest BCUT2D eigenvalue weighted by Crippen LogP contribution is 2.09. The van der Waals surface area contributed by atoms with Crippen molar-refractivity contribution in [1.82, 2.24) is 9.47 Å². The third-order valence-electron chi connectivity index (χ3n) is 3.55. The fourth-order valence-electron chi connectivity index (χ4n) is 2.12. The summed E-state index contributed by atoms with van der Waals surface area (Å²) in [5.41, 5.74) is 0.151. The third kappa shape index (κ3) is 4.11. The Kier molecular flexibility index (Phi) is 6.28. The second kappa shape index (κ2) is 7.72. The molecule has 0 fully saturated rings. The summed E-state index contributed by atoms with van der Waals surface area (Å²) in [6.07, 6.45) is 4.53. The van der Waals surface area contributed by atoms with Gasteiger partial charge in [0.25, 0.3) is 0 Å². The van der Waals surface area contributed by atoms with Crippen LogP contribution in [0.15, 0.2) is 18.3 Å². The van der Waals surface area contributed by atoms with Gasteiger partial charge in [-0.1, -0.05) is 20.3 Å². The molecule has 0 saturated heterocycles. The van der Waals surface area contributed by atoms with Crippen molar-refractivity contribution >= 4 is 11.9 Å². The number of aromatic nitrogens is 1. The van der Waals surface area contributed by atoms with E-state index in [-0.39, 0.29) is 24.2 Å². The van der Waals surface area contributed by atoms with Crippen molar-refractivity contribution in [3.63, 3.8) is 0 Å². The normalized spacial score (nSPS) is 12.2. The van der Waals surface area contributed by atoms with E-state index in [0.717, 1.165) is 25.8 Å². The number of carbonyl (C=O) groups is 2. The van der Waals surface area contributed by atoms with Gasteiger partial charge >= 0.3 is 5.97 Å². The molecular weight excluding hydrogens is 256 g/mol. The molecule has 1 aromatic rings. The SMILES string of the molecule is CCCCN(C(=O)Cn1cccc1C(=O)O)C(C)CC. The fraction of sp³-hybridized carbons (Fsp3) is 0.600. The van der Waals surface area contributed by atoms with Gasteiger partial charge in [-0.3, -0.25) is 4.79 Å². The van der Waals surface area contributed by atoms with Gasteiger partial charge in [-0.2, -0.15) is 0 Å². The van der Waals surface area contributed by atoms with Gasteiger partial charge in [0.2, 0.25) is 5.91 Å². The van der Waals surface area contributed by atoms with Crippen molar-refractivity contribution in [2.45, 2.75) is 52.6 Å². The molecule has 0 aliphatic rings. The number of hydrogen-bond acceptors (Lipinski definition) is 2. The zero-order valence-corrected chi connectivity index (χ0v) is 12.5. The topological polar surface area (TPSA) is 62.5 Å². The first-order valence-electron chi connectivity index (χ1n) is 7.19. The van der Waals surface area contributed by atoms with Crippen molar-refractivity contribution in [2.24, 2.45) is 0 Å². The zero-order chi connectivity index (χ0) is 15.1. The number of carboxylic acids is 1. The Balaban J connectivity index is 2.79. The van der Waals surface area contributed by atoms with Crippen molar-refractivity contribution < 1.29 is 14.7 Å². The second-order valence-corrected chi connectivity index (χ2v) is 5.02. The molecule has 1 amide bonds. The number of carbonyl (C=O) groups excluding carboxylic acids is 1. The van der Waals surface area contributed by atoms with E-state index in [0.29, 0.717) is 0 Å². The zero-order valence-electron chi connectivity index (χ0n) is 12.5. The number of nitrogens with zero attached hydrogens (tertiary/aromatic N) is 2. The first kappa shape index (κ1) is 16.3. The van der Waals surface area contributed by atoms with Crippen LogP contribution in [0.2, 0.25) is 0 Å². The number of rotatable bonds is 8. The smallest absolute Gasteiger partial charge is 0.352 e. The van der Waals surface area contributed by atoms with E-state index in [2.05, 4.69) is 13.8 Å². The molecule has 1 N–H and O–H groups in total. The highest BCUT2D eigenvalue weighted by Gasteiger charge is 2.20. The molecule has 1 atom stereocenters.